The number of hydrogen-bond acceptors (Lipinski definition) is 7. The van der Waals surface area contributed by atoms with Crippen LogP contribution in [-0.4, -0.2) is 76.8 Å². The molecule has 0 unspecified atom stereocenters. The van der Waals surface area contributed by atoms with Crippen molar-refractivity contribution < 1.29 is 18.0 Å². The fourth-order valence-electron chi connectivity index (χ4n) is 3.77. The predicted molar refractivity (Wildman–Crippen MR) is 119 cm³/mol. The summed E-state index contributed by atoms with van der Waals surface area (Å²) >= 11 is 6.29. The normalized spacial score (nSPS) is 19.4. The molecular formula is C20H23ClN6O4S. The predicted octanol–water partition coefficient (Wildman–Crippen LogP) is 1.27. The molecule has 0 aliphatic carbocycles. The molecule has 32 heavy (non-hydrogen) atoms. The van der Waals surface area contributed by atoms with E-state index in [0.717, 1.165) is 6.26 Å². The minimum absolute atomic E-state index is 0.116. The van der Waals surface area contributed by atoms with Gasteiger partial charge in [0.2, 0.25) is 15.9 Å². The first kappa shape index (κ1) is 23.8. The lowest BCUT2D eigenvalue weighted by molar-refractivity contribution is -0.131. The quantitative estimate of drug-likeness (QED) is 0.506. The van der Waals surface area contributed by atoms with E-state index in [4.69, 9.17) is 11.6 Å². The Balaban J connectivity index is 2.12. The van der Waals surface area contributed by atoms with Crippen LogP contribution in [0.25, 0.3) is 11.4 Å². The van der Waals surface area contributed by atoms with Crippen LogP contribution in [-0.2, 0) is 14.8 Å². The fraction of sp³-hybridized carbons (Fsp3) is 0.350. The number of amides is 2. The van der Waals surface area contributed by atoms with Crippen LogP contribution in [0.2, 0.25) is 5.15 Å². The van der Waals surface area contributed by atoms with E-state index in [9.17, 15) is 18.0 Å². The third-order valence-corrected chi connectivity index (χ3v) is 6.71. The maximum Gasteiger partial charge on any atom is 0.269 e. The molecule has 2 amide bonds. The second-order valence-electron chi connectivity index (χ2n) is 7.27. The highest BCUT2D eigenvalue weighted by Crippen LogP contribution is 2.35. The number of carbonyl (C=O) groups is 2. The Kier molecular flexibility index (Phi) is 6.91. The Labute approximate surface area is 191 Å². The van der Waals surface area contributed by atoms with Crippen LogP contribution < -0.4 is 5.32 Å². The summed E-state index contributed by atoms with van der Waals surface area (Å²) in [6, 6.07) is 3.48. The van der Waals surface area contributed by atoms with Gasteiger partial charge in [-0.15, -0.1) is 0 Å². The number of aromatic nitrogens is 3. The molecule has 10 nitrogen and oxygen atoms in total. The number of hydrogen-bond donors (Lipinski definition) is 1. The Morgan fingerprint density at radius 2 is 1.94 bits per heavy atom. The van der Waals surface area contributed by atoms with Crippen LogP contribution >= 0.6 is 11.6 Å². The van der Waals surface area contributed by atoms with E-state index in [-0.39, 0.29) is 29.8 Å². The van der Waals surface area contributed by atoms with Gasteiger partial charge in [-0.05, 0) is 36.8 Å². The minimum Gasteiger partial charge on any atom is -0.354 e. The standard InChI is InChI=1S/C20H23ClN6O4S/c1-5-18(28)26-6-7-27(32(4,30)31)19(12(26)2)13-8-15(25-17(21)9-13)14-10-16(20(29)22-3)24-11-23-14/h5,8-12,19H,1,6-7H2,2-4H3,(H,22,29)/t12-,19+/m0/s1. The summed E-state index contributed by atoms with van der Waals surface area (Å²) in [5.74, 6) is -0.680. The van der Waals surface area contributed by atoms with Crippen LogP contribution in [0, 0.1) is 0 Å². The Morgan fingerprint density at radius 1 is 1.22 bits per heavy atom. The zero-order valence-corrected chi connectivity index (χ0v) is 19.4. The van der Waals surface area contributed by atoms with Crippen molar-refractivity contribution >= 4 is 33.4 Å². The first-order valence-corrected chi connectivity index (χ1v) is 11.9. The fourth-order valence-corrected chi connectivity index (χ4v) is 5.11. The third kappa shape index (κ3) is 4.79. The number of rotatable bonds is 5. The molecule has 2 aromatic rings. The minimum atomic E-state index is -3.60. The van der Waals surface area contributed by atoms with Gasteiger partial charge < -0.3 is 10.2 Å². The highest BCUT2D eigenvalue weighted by molar-refractivity contribution is 7.88. The molecule has 1 fully saturated rings. The van der Waals surface area contributed by atoms with E-state index >= 15 is 0 Å². The first-order chi connectivity index (χ1) is 15.1. The topological polar surface area (TPSA) is 125 Å². The van der Waals surface area contributed by atoms with Crippen LogP contribution in [0.4, 0.5) is 0 Å². The summed E-state index contributed by atoms with van der Waals surface area (Å²) in [6.07, 6.45) is 3.57. The zero-order chi connectivity index (χ0) is 23.6. The van der Waals surface area contributed by atoms with Gasteiger partial charge in [0, 0.05) is 26.2 Å². The molecule has 0 aromatic carbocycles. The van der Waals surface area contributed by atoms with E-state index in [2.05, 4.69) is 26.8 Å². The van der Waals surface area contributed by atoms with E-state index in [1.807, 2.05) is 0 Å². The van der Waals surface area contributed by atoms with Gasteiger partial charge in [-0.1, -0.05) is 18.2 Å². The number of halogens is 1. The molecule has 1 aliphatic rings. The molecule has 2 atom stereocenters. The number of carbonyl (C=O) groups excluding carboxylic acids is 2. The first-order valence-electron chi connectivity index (χ1n) is 9.68. The summed E-state index contributed by atoms with van der Waals surface area (Å²) in [6.45, 7) is 5.66. The highest BCUT2D eigenvalue weighted by atomic mass is 35.5. The average molecular weight is 479 g/mol. The summed E-state index contributed by atoms with van der Waals surface area (Å²) in [7, 11) is -2.11. The maximum absolute atomic E-state index is 12.5. The molecule has 2 aromatic heterocycles. The monoisotopic (exact) mass is 478 g/mol. The number of sulfonamides is 1. The van der Waals surface area contributed by atoms with E-state index in [1.54, 1.807) is 24.0 Å². The molecule has 3 rings (SSSR count). The molecule has 12 heteroatoms. The third-order valence-electron chi connectivity index (χ3n) is 5.25. The lowest BCUT2D eigenvalue weighted by atomic mass is 9.96. The molecule has 1 saturated heterocycles. The molecule has 0 bridgehead atoms. The van der Waals surface area contributed by atoms with Crippen molar-refractivity contribution in [3.05, 3.63) is 53.6 Å². The Bertz CT molecular complexity index is 1170. The lowest BCUT2D eigenvalue weighted by Crippen LogP contribution is -2.56. The van der Waals surface area contributed by atoms with Gasteiger partial charge in [0.05, 0.1) is 23.7 Å². The number of nitrogens with one attached hydrogen (secondary N) is 1. The van der Waals surface area contributed by atoms with Gasteiger partial charge in [-0.2, -0.15) is 4.31 Å². The van der Waals surface area contributed by atoms with Crippen molar-refractivity contribution in [3.8, 4) is 11.4 Å². The molecule has 0 radical (unpaired) electrons. The molecular weight excluding hydrogens is 456 g/mol. The van der Waals surface area contributed by atoms with E-state index in [0.29, 0.717) is 17.0 Å². The van der Waals surface area contributed by atoms with Crippen molar-refractivity contribution in [1.29, 1.82) is 0 Å². The summed E-state index contributed by atoms with van der Waals surface area (Å²) < 4.78 is 26.4. The maximum atomic E-state index is 12.5. The highest BCUT2D eigenvalue weighted by Gasteiger charge is 2.40. The SMILES string of the molecule is C=CC(=O)N1CCN(S(C)(=O)=O)[C@@H](c2cc(Cl)nc(-c3cc(C(=O)NC)ncn3)c2)[C@@H]1C. The molecule has 0 saturated carbocycles. The Morgan fingerprint density at radius 3 is 2.56 bits per heavy atom. The lowest BCUT2D eigenvalue weighted by Gasteiger charge is -2.45. The molecule has 3 heterocycles. The summed E-state index contributed by atoms with van der Waals surface area (Å²) in [5, 5.41) is 2.61. The van der Waals surface area contributed by atoms with Crippen LogP contribution in [0.5, 0.6) is 0 Å². The largest absolute Gasteiger partial charge is 0.354 e. The van der Waals surface area contributed by atoms with Crippen molar-refractivity contribution in [2.75, 3.05) is 26.4 Å². The van der Waals surface area contributed by atoms with E-state index < -0.39 is 28.0 Å². The molecule has 1 N–H and O–H groups in total. The van der Waals surface area contributed by atoms with Crippen molar-refractivity contribution in [1.82, 2.24) is 29.5 Å². The van der Waals surface area contributed by atoms with Crippen molar-refractivity contribution in [3.63, 3.8) is 0 Å². The van der Waals surface area contributed by atoms with Gasteiger partial charge in [0.25, 0.3) is 5.91 Å². The van der Waals surface area contributed by atoms with Gasteiger partial charge in [0.1, 0.15) is 17.2 Å². The van der Waals surface area contributed by atoms with Gasteiger partial charge in [-0.3, -0.25) is 9.59 Å². The summed E-state index contributed by atoms with van der Waals surface area (Å²) in [5.41, 5.74) is 1.37. The molecule has 170 valence electrons. The van der Waals surface area contributed by atoms with Gasteiger partial charge in [-0.25, -0.2) is 23.4 Å². The van der Waals surface area contributed by atoms with Gasteiger partial charge in [0.15, 0.2) is 0 Å². The Hall–Kier alpha value is -2.89. The van der Waals surface area contributed by atoms with E-state index in [1.165, 1.54) is 29.8 Å². The smallest absolute Gasteiger partial charge is 0.269 e. The zero-order valence-electron chi connectivity index (χ0n) is 17.8. The average Bonchev–Trinajstić information content (AvgIpc) is 2.76. The number of nitrogens with zero attached hydrogens (tertiary/aromatic N) is 5. The van der Waals surface area contributed by atoms with Crippen molar-refractivity contribution in [2.45, 2.75) is 19.0 Å². The van der Waals surface area contributed by atoms with Crippen LogP contribution in [0.15, 0.2) is 37.2 Å². The van der Waals surface area contributed by atoms with Gasteiger partial charge >= 0.3 is 0 Å². The van der Waals surface area contributed by atoms with Crippen LogP contribution in [0.3, 0.4) is 0 Å². The number of piperazine rings is 1. The van der Waals surface area contributed by atoms with Crippen molar-refractivity contribution in [2.24, 2.45) is 0 Å². The molecule has 1 aliphatic heterocycles. The molecule has 0 spiro atoms. The summed E-state index contributed by atoms with van der Waals surface area (Å²) in [4.78, 5) is 38.3. The second-order valence-corrected chi connectivity index (χ2v) is 9.59. The second kappa shape index (κ2) is 9.31. The number of pyridine rings is 1. The van der Waals surface area contributed by atoms with Crippen LogP contribution in [0.1, 0.15) is 29.0 Å².